The minimum Gasteiger partial charge on any atom is -0.395 e. The third-order valence-corrected chi connectivity index (χ3v) is 3.76. The fourth-order valence-electron chi connectivity index (χ4n) is 1.37. The number of carbonyl (C=O) groups excluding carboxylic acids is 1. The summed E-state index contributed by atoms with van der Waals surface area (Å²) in [6.45, 7) is 9.96. The summed E-state index contributed by atoms with van der Waals surface area (Å²) >= 11 is 1.42. The van der Waals surface area contributed by atoms with E-state index in [1.54, 1.807) is 0 Å². The fraction of sp³-hybridized carbons (Fsp3) is 0.917. The van der Waals surface area contributed by atoms with E-state index in [0.29, 0.717) is 5.75 Å². The van der Waals surface area contributed by atoms with Crippen molar-refractivity contribution >= 4 is 17.7 Å². The topological polar surface area (TPSA) is 75.3 Å². The maximum atomic E-state index is 11.5. The molecule has 0 aromatic rings. The minimum atomic E-state index is -0.135. The number of aliphatic hydroxyl groups is 1. The molecule has 0 radical (unpaired) electrons. The Bertz CT molecular complexity index is 239. The molecule has 102 valence electrons. The van der Waals surface area contributed by atoms with Crippen LogP contribution < -0.4 is 11.1 Å². The highest BCUT2D eigenvalue weighted by atomic mass is 32.2. The summed E-state index contributed by atoms with van der Waals surface area (Å²) in [4.78, 5) is 11.5. The number of nitrogens with one attached hydrogen (secondary N) is 1. The number of hydrogen-bond donors (Lipinski definition) is 3. The molecule has 5 heteroatoms. The Hall–Kier alpha value is -0.260. The van der Waals surface area contributed by atoms with Crippen molar-refractivity contribution in [1.82, 2.24) is 5.32 Å². The van der Waals surface area contributed by atoms with Crippen molar-refractivity contribution in [3.63, 3.8) is 0 Å². The van der Waals surface area contributed by atoms with E-state index in [2.05, 4.69) is 5.32 Å². The summed E-state index contributed by atoms with van der Waals surface area (Å²) in [6.07, 6.45) is 0. The molecule has 0 aliphatic heterocycles. The Balaban J connectivity index is 4.19. The van der Waals surface area contributed by atoms with Gasteiger partial charge in [0, 0.05) is 17.3 Å². The van der Waals surface area contributed by atoms with E-state index >= 15 is 0 Å². The monoisotopic (exact) mass is 262 g/mol. The van der Waals surface area contributed by atoms with Gasteiger partial charge < -0.3 is 16.2 Å². The van der Waals surface area contributed by atoms with Crippen LogP contribution in [0.5, 0.6) is 0 Å². The van der Waals surface area contributed by atoms with Crippen LogP contribution in [-0.4, -0.2) is 40.7 Å². The summed E-state index contributed by atoms with van der Waals surface area (Å²) in [7, 11) is 0. The van der Waals surface area contributed by atoms with Crippen molar-refractivity contribution in [1.29, 1.82) is 0 Å². The quantitative estimate of drug-likeness (QED) is 0.667. The summed E-state index contributed by atoms with van der Waals surface area (Å²) < 4.78 is 0. The van der Waals surface area contributed by atoms with Crippen LogP contribution >= 0.6 is 11.8 Å². The molecule has 4 N–H and O–H groups in total. The van der Waals surface area contributed by atoms with Crippen molar-refractivity contribution in [2.24, 2.45) is 11.1 Å². The van der Waals surface area contributed by atoms with Crippen molar-refractivity contribution in [2.75, 3.05) is 12.4 Å². The average molecular weight is 262 g/mol. The Kier molecular flexibility index (Phi) is 7.13. The van der Waals surface area contributed by atoms with Crippen LogP contribution in [-0.2, 0) is 4.79 Å². The molecule has 17 heavy (non-hydrogen) atoms. The number of nitrogens with two attached hydrogens (primary N) is 1. The molecule has 2 unspecified atom stereocenters. The fourth-order valence-corrected chi connectivity index (χ4v) is 2.54. The summed E-state index contributed by atoms with van der Waals surface area (Å²) in [5.41, 5.74) is 6.01. The Labute approximate surface area is 109 Å². The Morgan fingerprint density at radius 1 is 1.41 bits per heavy atom. The van der Waals surface area contributed by atoms with Gasteiger partial charge in [-0.15, -0.1) is 11.8 Å². The second-order valence-electron chi connectivity index (χ2n) is 5.65. The predicted octanol–water partition coefficient (Wildman–Crippen LogP) is 0.978. The van der Waals surface area contributed by atoms with Gasteiger partial charge in [-0.05, 0) is 19.3 Å². The summed E-state index contributed by atoms with van der Waals surface area (Å²) in [5.74, 6) is 0.331. The molecule has 0 aromatic heterocycles. The van der Waals surface area contributed by atoms with Gasteiger partial charge in [0.25, 0.3) is 0 Å². The van der Waals surface area contributed by atoms with Crippen LogP contribution in [0.3, 0.4) is 0 Å². The van der Waals surface area contributed by atoms with Gasteiger partial charge in [0.15, 0.2) is 0 Å². The van der Waals surface area contributed by atoms with E-state index in [4.69, 9.17) is 5.73 Å². The number of carbonyl (C=O) groups is 1. The molecule has 0 aliphatic rings. The number of hydrogen-bond acceptors (Lipinski definition) is 4. The van der Waals surface area contributed by atoms with Gasteiger partial charge in [-0.2, -0.15) is 0 Å². The van der Waals surface area contributed by atoms with Gasteiger partial charge in [-0.25, -0.2) is 0 Å². The maximum absolute atomic E-state index is 11.5. The molecule has 1 amide bonds. The Morgan fingerprint density at radius 2 is 1.94 bits per heavy atom. The lowest BCUT2D eigenvalue weighted by Gasteiger charge is -2.32. The van der Waals surface area contributed by atoms with Gasteiger partial charge in [-0.1, -0.05) is 20.8 Å². The number of thioether (sulfide) groups is 1. The average Bonchev–Trinajstić information content (AvgIpc) is 2.15. The van der Waals surface area contributed by atoms with E-state index in [9.17, 15) is 9.90 Å². The molecule has 2 atom stereocenters. The lowest BCUT2D eigenvalue weighted by Crippen LogP contribution is -2.46. The number of rotatable bonds is 6. The highest BCUT2D eigenvalue weighted by Gasteiger charge is 2.29. The molecule has 0 saturated carbocycles. The smallest absolute Gasteiger partial charge is 0.230 e. The number of aliphatic hydroxyl groups excluding tert-OH is 1. The van der Waals surface area contributed by atoms with Crippen LogP contribution in [0.2, 0.25) is 0 Å². The van der Waals surface area contributed by atoms with E-state index in [1.807, 2.05) is 34.6 Å². The van der Waals surface area contributed by atoms with Crippen LogP contribution in [0.4, 0.5) is 0 Å². The molecule has 4 nitrogen and oxygen atoms in total. The standard InChI is InChI=1S/C12H26N2O2S/c1-8(2)14-10(16)7-17-9(6-15)11(13)12(3,4)5/h8-9,11,15H,6-7,13H2,1-5H3,(H,14,16). The van der Waals surface area contributed by atoms with Crippen molar-refractivity contribution in [3.8, 4) is 0 Å². The second-order valence-corrected chi connectivity index (χ2v) is 6.87. The summed E-state index contributed by atoms with van der Waals surface area (Å²) in [6, 6.07) is 0.0105. The maximum Gasteiger partial charge on any atom is 0.230 e. The summed E-state index contributed by atoms with van der Waals surface area (Å²) in [5, 5.41) is 12.0. The first-order chi connectivity index (χ1) is 7.68. The van der Waals surface area contributed by atoms with Gasteiger partial charge >= 0.3 is 0 Å². The van der Waals surface area contributed by atoms with E-state index in [0.717, 1.165) is 0 Å². The molecule has 0 bridgehead atoms. The molecule has 0 aromatic carbocycles. The van der Waals surface area contributed by atoms with Crippen molar-refractivity contribution < 1.29 is 9.90 Å². The molecule has 0 rings (SSSR count). The Morgan fingerprint density at radius 3 is 2.29 bits per heavy atom. The van der Waals surface area contributed by atoms with Crippen molar-refractivity contribution in [2.45, 2.75) is 52.0 Å². The number of amides is 1. The minimum absolute atomic E-state index is 0.00192. The lowest BCUT2D eigenvalue weighted by atomic mass is 9.85. The van der Waals surface area contributed by atoms with Crippen LogP contribution in [0, 0.1) is 5.41 Å². The van der Waals surface area contributed by atoms with Crippen molar-refractivity contribution in [3.05, 3.63) is 0 Å². The van der Waals surface area contributed by atoms with Gasteiger partial charge in [0.2, 0.25) is 5.91 Å². The highest BCUT2D eigenvalue weighted by molar-refractivity contribution is 8.00. The first-order valence-electron chi connectivity index (χ1n) is 5.96. The van der Waals surface area contributed by atoms with Crippen LogP contribution in [0.1, 0.15) is 34.6 Å². The zero-order chi connectivity index (χ0) is 13.6. The third-order valence-electron chi connectivity index (χ3n) is 2.46. The highest BCUT2D eigenvalue weighted by Crippen LogP contribution is 2.26. The van der Waals surface area contributed by atoms with E-state index in [-0.39, 0.29) is 35.3 Å². The zero-order valence-corrected chi connectivity index (χ0v) is 12.3. The molecule has 0 heterocycles. The molecule has 0 fully saturated rings. The largest absolute Gasteiger partial charge is 0.395 e. The predicted molar refractivity (Wildman–Crippen MR) is 74.0 cm³/mol. The molecular formula is C12H26N2O2S. The first kappa shape index (κ1) is 16.7. The molecule has 0 spiro atoms. The SMILES string of the molecule is CC(C)NC(=O)CSC(CO)C(N)C(C)(C)C. The van der Waals surface area contributed by atoms with E-state index < -0.39 is 0 Å². The lowest BCUT2D eigenvalue weighted by molar-refractivity contribution is -0.119. The molecule has 0 saturated heterocycles. The second kappa shape index (κ2) is 7.24. The van der Waals surface area contributed by atoms with Crippen LogP contribution in [0.15, 0.2) is 0 Å². The molecular weight excluding hydrogens is 236 g/mol. The third kappa shape index (κ3) is 6.91. The zero-order valence-electron chi connectivity index (χ0n) is 11.5. The molecule has 0 aliphatic carbocycles. The van der Waals surface area contributed by atoms with Gasteiger partial charge in [0.1, 0.15) is 0 Å². The van der Waals surface area contributed by atoms with Gasteiger partial charge in [-0.3, -0.25) is 4.79 Å². The van der Waals surface area contributed by atoms with Crippen LogP contribution in [0.25, 0.3) is 0 Å². The first-order valence-corrected chi connectivity index (χ1v) is 7.00. The van der Waals surface area contributed by atoms with Gasteiger partial charge in [0.05, 0.1) is 12.4 Å². The van der Waals surface area contributed by atoms with E-state index in [1.165, 1.54) is 11.8 Å². The normalized spacial score (nSPS) is 15.8.